The van der Waals surface area contributed by atoms with Gasteiger partial charge >= 0.3 is 0 Å². The third kappa shape index (κ3) is 2.97. The molecule has 1 fully saturated rings. The van der Waals surface area contributed by atoms with Gasteiger partial charge < -0.3 is 15.1 Å². The van der Waals surface area contributed by atoms with E-state index in [0.717, 1.165) is 13.0 Å². The first kappa shape index (κ1) is 14.0. The van der Waals surface area contributed by atoms with Crippen LogP contribution in [-0.2, 0) is 9.59 Å². The molecule has 1 aliphatic heterocycles. The molecular weight excluding hydrogens is 218 g/mol. The zero-order valence-electron chi connectivity index (χ0n) is 11.2. The summed E-state index contributed by atoms with van der Waals surface area (Å²) in [5.41, 5.74) is -0.705. The van der Waals surface area contributed by atoms with Crippen LogP contribution >= 0.6 is 0 Å². The summed E-state index contributed by atoms with van der Waals surface area (Å²) in [4.78, 5) is 27.5. The summed E-state index contributed by atoms with van der Waals surface area (Å²) in [7, 11) is 3.65. The molecule has 0 unspecified atom stereocenters. The minimum absolute atomic E-state index is 0.0192. The van der Waals surface area contributed by atoms with E-state index >= 15 is 0 Å². The molecule has 1 heterocycles. The SMILES string of the molecule is CNCCCC(=O)N1CCN(C)C(=O)C1(C)C. The Hall–Kier alpha value is -1.10. The topological polar surface area (TPSA) is 52.7 Å². The van der Waals surface area contributed by atoms with E-state index in [-0.39, 0.29) is 11.8 Å². The maximum atomic E-state index is 12.1. The Morgan fingerprint density at radius 2 is 2.06 bits per heavy atom. The average molecular weight is 241 g/mol. The van der Waals surface area contributed by atoms with Crippen LogP contribution in [0.4, 0.5) is 0 Å². The summed E-state index contributed by atoms with van der Waals surface area (Å²) in [5, 5.41) is 3.02. The summed E-state index contributed by atoms with van der Waals surface area (Å²) in [6.45, 7) is 5.73. The second-order valence-corrected chi connectivity index (χ2v) is 5.04. The van der Waals surface area contributed by atoms with Gasteiger partial charge in [-0.05, 0) is 33.9 Å². The van der Waals surface area contributed by atoms with Crippen LogP contribution in [0, 0.1) is 0 Å². The van der Waals surface area contributed by atoms with Gasteiger partial charge in [-0.1, -0.05) is 0 Å². The lowest BCUT2D eigenvalue weighted by molar-refractivity contribution is -0.157. The van der Waals surface area contributed by atoms with Crippen molar-refractivity contribution in [2.75, 3.05) is 33.7 Å². The number of amides is 2. The Labute approximate surface area is 103 Å². The van der Waals surface area contributed by atoms with Crippen molar-refractivity contribution < 1.29 is 9.59 Å². The minimum Gasteiger partial charge on any atom is -0.342 e. The van der Waals surface area contributed by atoms with Crippen LogP contribution in [-0.4, -0.2) is 60.9 Å². The molecular formula is C12H23N3O2. The van der Waals surface area contributed by atoms with Crippen molar-refractivity contribution >= 4 is 11.8 Å². The molecule has 1 rings (SSSR count). The number of hydrogen-bond donors (Lipinski definition) is 1. The molecule has 5 heteroatoms. The Morgan fingerprint density at radius 3 is 2.65 bits per heavy atom. The van der Waals surface area contributed by atoms with E-state index in [0.29, 0.717) is 19.5 Å². The van der Waals surface area contributed by atoms with Crippen LogP contribution < -0.4 is 5.32 Å². The fourth-order valence-corrected chi connectivity index (χ4v) is 2.20. The molecule has 0 saturated carbocycles. The first-order chi connectivity index (χ1) is 7.91. The van der Waals surface area contributed by atoms with Crippen molar-refractivity contribution in [3.05, 3.63) is 0 Å². The zero-order valence-corrected chi connectivity index (χ0v) is 11.2. The number of likely N-dealkylation sites (N-methyl/N-ethyl adjacent to an activating group) is 1. The van der Waals surface area contributed by atoms with Crippen molar-refractivity contribution in [2.24, 2.45) is 0 Å². The largest absolute Gasteiger partial charge is 0.342 e. The number of nitrogens with zero attached hydrogens (tertiary/aromatic N) is 2. The molecule has 0 spiro atoms. The van der Waals surface area contributed by atoms with E-state index in [4.69, 9.17) is 0 Å². The van der Waals surface area contributed by atoms with Crippen LogP contribution in [0.5, 0.6) is 0 Å². The number of hydrogen-bond acceptors (Lipinski definition) is 3. The molecule has 1 N–H and O–H groups in total. The number of nitrogens with one attached hydrogen (secondary N) is 1. The lowest BCUT2D eigenvalue weighted by atomic mass is 9.97. The smallest absolute Gasteiger partial charge is 0.247 e. The summed E-state index contributed by atoms with van der Waals surface area (Å²) in [5.74, 6) is 0.0948. The van der Waals surface area contributed by atoms with Crippen molar-refractivity contribution in [1.82, 2.24) is 15.1 Å². The van der Waals surface area contributed by atoms with Crippen LogP contribution in [0.3, 0.4) is 0 Å². The molecule has 1 aliphatic rings. The summed E-state index contributed by atoms with van der Waals surface area (Å²) in [6.07, 6.45) is 1.31. The van der Waals surface area contributed by atoms with Crippen LogP contribution in [0.25, 0.3) is 0 Å². The molecule has 0 aromatic rings. The van der Waals surface area contributed by atoms with E-state index in [9.17, 15) is 9.59 Å². The molecule has 17 heavy (non-hydrogen) atoms. The van der Waals surface area contributed by atoms with E-state index in [1.165, 1.54) is 0 Å². The Bertz CT molecular complexity index is 302. The van der Waals surface area contributed by atoms with Gasteiger partial charge in [0.15, 0.2) is 0 Å². The second kappa shape index (κ2) is 5.49. The first-order valence-corrected chi connectivity index (χ1v) is 6.12. The van der Waals surface area contributed by atoms with Gasteiger partial charge in [-0.15, -0.1) is 0 Å². The number of carbonyl (C=O) groups is 2. The molecule has 0 aromatic carbocycles. The molecule has 1 saturated heterocycles. The molecule has 0 aromatic heterocycles. The van der Waals surface area contributed by atoms with Gasteiger partial charge in [0.25, 0.3) is 0 Å². The Balaban J connectivity index is 2.64. The Morgan fingerprint density at radius 1 is 1.41 bits per heavy atom. The second-order valence-electron chi connectivity index (χ2n) is 5.04. The van der Waals surface area contributed by atoms with Crippen molar-refractivity contribution in [3.8, 4) is 0 Å². The van der Waals surface area contributed by atoms with Gasteiger partial charge in [-0.3, -0.25) is 9.59 Å². The van der Waals surface area contributed by atoms with Gasteiger partial charge in [0.2, 0.25) is 11.8 Å². The quantitative estimate of drug-likeness (QED) is 0.708. The predicted octanol–water partition coefficient (Wildman–Crippen LogP) is 0.0652. The highest BCUT2D eigenvalue weighted by Gasteiger charge is 2.42. The van der Waals surface area contributed by atoms with Crippen LogP contribution in [0.2, 0.25) is 0 Å². The third-order valence-electron chi connectivity index (χ3n) is 3.32. The highest BCUT2D eigenvalue weighted by Crippen LogP contribution is 2.22. The van der Waals surface area contributed by atoms with E-state index in [1.54, 1.807) is 16.8 Å². The van der Waals surface area contributed by atoms with Gasteiger partial charge in [0.1, 0.15) is 5.54 Å². The van der Waals surface area contributed by atoms with Crippen molar-refractivity contribution in [2.45, 2.75) is 32.2 Å². The zero-order chi connectivity index (χ0) is 13.1. The lowest BCUT2D eigenvalue weighted by Crippen LogP contribution is -2.63. The van der Waals surface area contributed by atoms with Crippen LogP contribution in [0.15, 0.2) is 0 Å². The van der Waals surface area contributed by atoms with Gasteiger partial charge in [0, 0.05) is 26.6 Å². The van der Waals surface area contributed by atoms with E-state index in [2.05, 4.69) is 5.32 Å². The maximum absolute atomic E-state index is 12.1. The van der Waals surface area contributed by atoms with Gasteiger partial charge in [-0.25, -0.2) is 0 Å². The minimum atomic E-state index is -0.705. The number of piperazine rings is 1. The molecule has 2 amide bonds. The standard InChI is InChI=1S/C12H23N3O2/c1-12(2)11(17)14(4)8-9-15(12)10(16)6-5-7-13-3/h13H,5-9H2,1-4H3. The number of rotatable bonds is 4. The highest BCUT2D eigenvalue weighted by atomic mass is 16.2. The first-order valence-electron chi connectivity index (χ1n) is 6.12. The normalized spacial score (nSPS) is 19.6. The van der Waals surface area contributed by atoms with Crippen LogP contribution in [0.1, 0.15) is 26.7 Å². The molecule has 5 nitrogen and oxygen atoms in total. The molecule has 0 aliphatic carbocycles. The van der Waals surface area contributed by atoms with Crippen molar-refractivity contribution in [1.29, 1.82) is 0 Å². The molecule has 0 atom stereocenters. The maximum Gasteiger partial charge on any atom is 0.247 e. The fourth-order valence-electron chi connectivity index (χ4n) is 2.20. The van der Waals surface area contributed by atoms with Gasteiger partial charge in [0.05, 0.1) is 0 Å². The fraction of sp³-hybridized carbons (Fsp3) is 0.833. The summed E-state index contributed by atoms with van der Waals surface area (Å²) in [6, 6.07) is 0. The van der Waals surface area contributed by atoms with E-state index in [1.807, 2.05) is 20.9 Å². The molecule has 0 bridgehead atoms. The monoisotopic (exact) mass is 241 g/mol. The average Bonchev–Trinajstić information content (AvgIpc) is 2.26. The summed E-state index contributed by atoms with van der Waals surface area (Å²) >= 11 is 0. The van der Waals surface area contributed by atoms with E-state index < -0.39 is 5.54 Å². The molecule has 0 radical (unpaired) electrons. The highest BCUT2D eigenvalue weighted by molar-refractivity contribution is 5.91. The van der Waals surface area contributed by atoms with Crippen molar-refractivity contribution in [3.63, 3.8) is 0 Å². The molecule has 98 valence electrons. The summed E-state index contributed by atoms with van der Waals surface area (Å²) < 4.78 is 0. The predicted molar refractivity (Wildman–Crippen MR) is 66.6 cm³/mol. The lowest BCUT2D eigenvalue weighted by Gasteiger charge is -2.44. The third-order valence-corrected chi connectivity index (χ3v) is 3.32. The van der Waals surface area contributed by atoms with Gasteiger partial charge in [-0.2, -0.15) is 0 Å². The Kier molecular flexibility index (Phi) is 4.51. The number of carbonyl (C=O) groups excluding carboxylic acids is 2.